The summed E-state index contributed by atoms with van der Waals surface area (Å²) in [5, 5.41) is 0. The fourth-order valence-electron chi connectivity index (χ4n) is 8.21. The van der Waals surface area contributed by atoms with Gasteiger partial charge < -0.3 is 9.11 Å². The van der Waals surface area contributed by atoms with Crippen molar-refractivity contribution in [3.05, 3.63) is 216 Å². The molecule has 8 nitrogen and oxygen atoms in total. The maximum absolute atomic E-state index is 12.0. The van der Waals surface area contributed by atoms with E-state index in [9.17, 15) is 25.9 Å². The molecule has 9 aromatic rings. The summed E-state index contributed by atoms with van der Waals surface area (Å²) in [6, 6.07) is 62.0. The van der Waals surface area contributed by atoms with Crippen LogP contribution in [0.15, 0.2) is 204 Å². The van der Waals surface area contributed by atoms with Crippen LogP contribution in [0.1, 0.15) is 22.3 Å². The lowest BCUT2D eigenvalue weighted by atomic mass is 9.95. The highest BCUT2D eigenvalue weighted by Gasteiger charge is 2.27. The van der Waals surface area contributed by atoms with Gasteiger partial charge in [-0.15, -0.1) is 0 Å². The van der Waals surface area contributed by atoms with Gasteiger partial charge in [-0.25, -0.2) is 16.8 Å². The van der Waals surface area contributed by atoms with Crippen molar-refractivity contribution >= 4 is 20.2 Å². The van der Waals surface area contributed by atoms with Crippen molar-refractivity contribution in [2.24, 2.45) is 0 Å². The van der Waals surface area contributed by atoms with Crippen LogP contribution in [0.4, 0.5) is 0 Å². The molecule has 10 heteroatoms. The van der Waals surface area contributed by atoms with Gasteiger partial charge in [0, 0.05) is 70.8 Å². The fourth-order valence-corrected chi connectivity index (χ4v) is 9.14. The summed E-state index contributed by atoms with van der Waals surface area (Å²) < 4.78 is 76.2. The molecule has 0 aliphatic heterocycles. The third kappa shape index (κ3) is 9.13. The summed E-state index contributed by atoms with van der Waals surface area (Å²) in [6.45, 7) is 8.17. The van der Waals surface area contributed by atoms with E-state index in [1.165, 1.54) is 24.3 Å². The summed E-state index contributed by atoms with van der Waals surface area (Å²) in [4.78, 5) is -0.602. The second-order valence-corrected chi connectivity index (χ2v) is 19.4. The quantitative estimate of drug-likeness (QED) is 0.0995. The Balaban J connectivity index is 1.24. The van der Waals surface area contributed by atoms with Crippen molar-refractivity contribution in [3.63, 3.8) is 0 Å². The molecule has 326 valence electrons. The molecule has 0 atom stereocenters. The lowest BCUT2D eigenvalue weighted by molar-refractivity contribution is -0.572. The van der Waals surface area contributed by atoms with Crippen LogP contribution in [-0.4, -0.2) is 25.9 Å². The maximum Gasteiger partial charge on any atom is 0.219 e. The smallest absolute Gasteiger partial charge is 0.219 e. The lowest BCUT2D eigenvalue weighted by Crippen LogP contribution is -2.36. The Labute approximate surface area is 385 Å². The topological polar surface area (TPSA) is 122 Å². The van der Waals surface area contributed by atoms with Crippen molar-refractivity contribution in [3.8, 4) is 78.7 Å². The highest BCUT2D eigenvalue weighted by molar-refractivity contribution is 7.86. The average molecular weight is 905 g/mol. The largest absolute Gasteiger partial charge is 0.744 e. The number of hydrogen-bond donors (Lipinski definition) is 0. The van der Waals surface area contributed by atoms with Crippen LogP contribution in [0, 0.1) is 27.7 Å². The number of pyridine rings is 2. The number of nitrogens with zero attached hydrogens (tertiary/aromatic N) is 2. The van der Waals surface area contributed by atoms with Gasteiger partial charge in [-0.1, -0.05) is 95.1 Å². The molecule has 66 heavy (non-hydrogen) atoms. The fraction of sp³-hybridized carbons (Fsp3) is 0.0714. The predicted molar refractivity (Wildman–Crippen MR) is 257 cm³/mol. The summed E-state index contributed by atoms with van der Waals surface area (Å²) in [5.41, 5.74) is 16.7. The first kappa shape index (κ1) is 43.9. The molecule has 0 unspecified atom stereocenters. The van der Waals surface area contributed by atoms with Gasteiger partial charge in [0.05, 0.1) is 9.79 Å². The molecule has 2 aromatic heterocycles. The molecule has 0 aliphatic carbocycles. The van der Waals surface area contributed by atoms with E-state index in [4.69, 9.17) is 0 Å². The zero-order chi connectivity index (χ0) is 46.3. The molecule has 2 heterocycles. The molecule has 0 saturated heterocycles. The molecule has 9 rings (SSSR count). The van der Waals surface area contributed by atoms with Gasteiger partial charge in [0.2, 0.25) is 34.2 Å². The first-order chi connectivity index (χ1) is 31.6. The van der Waals surface area contributed by atoms with Crippen molar-refractivity contribution in [1.29, 1.82) is 0 Å². The van der Waals surface area contributed by atoms with E-state index in [0.717, 1.165) is 101 Å². The first-order valence-electron chi connectivity index (χ1n) is 21.3. The number of rotatable bonds is 10. The van der Waals surface area contributed by atoms with Crippen LogP contribution in [0.5, 0.6) is 0 Å². The second-order valence-electron chi connectivity index (χ2n) is 16.6. The summed E-state index contributed by atoms with van der Waals surface area (Å²) in [5.74, 6) is 0. The maximum atomic E-state index is 12.0. The lowest BCUT2D eigenvalue weighted by Gasteiger charge is -2.15. The van der Waals surface area contributed by atoms with Gasteiger partial charge in [-0.05, 0) is 123 Å². The van der Waals surface area contributed by atoms with Gasteiger partial charge in [-0.2, -0.15) is 9.13 Å². The number of aryl methyl sites for hydroxylation is 4. The Hall–Kier alpha value is -7.34. The second kappa shape index (κ2) is 17.6. The molecular weight excluding hydrogens is 861 g/mol. The summed E-state index contributed by atoms with van der Waals surface area (Å²) in [7, 11) is -9.32. The number of aromatic nitrogens is 2. The summed E-state index contributed by atoms with van der Waals surface area (Å²) in [6.07, 6.45) is 0. The predicted octanol–water partition coefficient (Wildman–Crippen LogP) is 11.3. The zero-order valence-corrected chi connectivity index (χ0v) is 38.3. The van der Waals surface area contributed by atoms with Gasteiger partial charge in [0.25, 0.3) is 0 Å². The van der Waals surface area contributed by atoms with Gasteiger partial charge in [-0.3, -0.25) is 0 Å². The molecule has 0 radical (unpaired) electrons. The van der Waals surface area contributed by atoms with E-state index < -0.39 is 20.2 Å². The molecule has 7 aromatic carbocycles. The minimum Gasteiger partial charge on any atom is -0.744 e. The van der Waals surface area contributed by atoms with E-state index in [-0.39, 0.29) is 9.79 Å². The van der Waals surface area contributed by atoms with E-state index in [0.29, 0.717) is 0 Å². The third-order valence-corrected chi connectivity index (χ3v) is 13.5. The zero-order valence-electron chi connectivity index (χ0n) is 36.6. The van der Waals surface area contributed by atoms with Crippen LogP contribution in [0.25, 0.3) is 78.7 Å². The van der Waals surface area contributed by atoms with Gasteiger partial charge in [0.15, 0.2) is 0 Å². The Morgan fingerprint density at radius 3 is 0.742 bits per heavy atom. The highest BCUT2D eigenvalue weighted by atomic mass is 32.2. The minimum atomic E-state index is -4.66. The van der Waals surface area contributed by atoms with Crippen molar-refractivity contribution in [1.82, 2.24) is 0 Å². The van der Waals surface area contributed by atoms with E-state index >= 15 is 0 Å². The molecule has 0 fully saturated rings. The van der Waals surface area contributed by atoms with E-state index in [1.54, 1.807) is 24.3 Å². The standard InChI is InChI=1S/C56H44N2O6S2/c1-37-5-13-43(14-6-37)53-33-47(35-55(57(53)49-25-9-39(3)10-26-49)45-21-29-51(30-22-45)65(59,60)61)41-17-19-42(20-18-41)48-34-54(44-15-7-38(2)8-16-44)58(50-27-11-40(4)12-28-50)56(36-48)46-23-31-52(32-24-46)66(62,63)64/h5-36H,1-4H3. The number of benzene rings is 7. The molecule has 0 N–H and O–H groups in total. The molecule has 0 saturated carbocycles. The SMILES string of the molecule is Cc1ccc(-c2cc(-c3ccc(-c4cc(-c5ccc(C)cc5)[n+](-c5ccc(C)cc5)c(-c5ccc(S(=O)(=O)[O-])cc5)c4)cc3)cc(-c3ccc(S(=O)(=O)[O-])cc3)[n+]2-c2ccc(C)cc2)cc1. The average Bonchev–Trinajstić information content (AvgIpc) is 3.31. The normalized spacial score (nSPS) is 11.7. The molecule has 0 aliphatic rings. The van der Waals surface area contributed by atoms with E-state index in [1.807, 2.05) is 27.7 Å². The monoisotopic (exact) mass is 904 g/mol. The van der Waals surface area contributed by atoms with Crippen molar-refractivity contribution in [2.45, 2.75) is 37.5 Å². The Morgan fingerprint density at radius 2 is 0.500 bits per heavy atom. The van der Waals surface area contributed by atoms with Crippen LogP contribution >= 0.6 is 0 Å². The van der Waals surface area contributed by atoms with Crippen LogP contribution in [0.2, 0.25) is 0 Å². The first-order valence-corrected chi connectivity index (χ1v) is 24.1. The van der Waals surface area contributed by atoms with Gasteiger partial charge >= 0.3 is 0 Å². The molecule has 0 bridgehead atoms. The van der Waals surface area contributed by atoms with Gasteiger partial charge in [0.1, 0.15) is 20.2 Å². The van der Waals surface area contributed by atoms with Crippen molar-refractivity contribution in [2.75, 3.05) is 0 Å². The summed E-state index contributed by atoms with van der Waals surface area (Å²) >= 11 is 0. The van der Waals surface area contributed by atoms with Crippen LogP contribution in [-0.2, 0) is 20.2 Å². The van der Waals surface area contributed by atoms with Crippen molar-refractivity contribution < 1.29 is 35.1 Å². The number of hydrogen-bond acceptors (Lipinski definition) is 6. The Bertz CT molecular complexity index is 3250. The minimum absolute atomic E-state index is 0.301. The van der Waals surface area contributed by atoms with Crippen LogP contribution < -0.4 is 9.13 Å². The van der Waals surface area contributed by atoms with Crippen LogP contribution in [0.3, 0.4) is 0 Å². The molecular formula is C56H44N2O6S2. The highest BCUT2D eigenvalue weighted by Crippen LogP contribution is 2.35. The molecule has 0 spiro atoms. The Morgan fingerprint density at radius 1 is 0.288 bits per heavy atom. The Kier molecular flexibility index (Phi) is 11.7. The molecule has 0 amide bonds. The third-order valence-electron chi connectivity index (χ3n) is 11.8. The van der Waals surface area contributed by atoms with E-state index in [2.05, 4.69) is 155 Å².